The number of hydrogen-bond acceptors (Lipinski definition) is 3. The number of nitrogens with one attached hydrogen (secondary N) is 1. The molecule has 7 heteroatoms. The Labute approximate surface area is 112 Å². The summed E-state index contributed by atoms with van der Waals surface area (Å²) in [5.74, 6) is -0.437. The third kappa shape index (κ3) is 2.16. The lowest BCUT2D eigenvalue weighted by atomic mass is 10.2. The molecule has 0 saturated carbocycles. The van der Waals surface area contributed by atoms with Gasteiger partial charge in [0.15, 0.2) is 11.4 Å². The van der Waals surface area contributed by atoms with Crippen LogP contribution in [0.15, 0.2) is 18.2 Å². The first kappa shape index (κ1) is 12.4. The Balaban J connectivity index is 2.55. The first-order valence-corrected chi connectivity index (χ1v) is 5.54. The molecule has 2 rings (SSSR count). The number of hydrogen-bond donors (Lipinski definition) is 2. The fourth-order valence-electron chi connectivity index (χ4n) is 1.41. The second-order valence-electron chi connectivity index (χ2n) is 3.41. The number of H-pyrrole nitrogens is 1. The highest BCUT2D eigenvalue weighted by Crippen LogP contribution is 2.27. The van der Waals surface area contributed by atoms with Crippen LogP contribution in [0, 0.1) is 11.3 Å². The van der Waals surface area contributed by atoms with E-state index in [1.54, 1.807) is 18.2 Å². The predicted octanol–water partition coefficient (Wildman–Crippen LogP) is 2.35. The minimum atomic E-state index is -0.769. The lowest BCUT2D eigenvalue weighted by molar-refractivity contribution is 0.0996. The summed E-state index contributed by atoms with van der Waals surface area (Å²) in [6.45, 7) is 0. The van der Waals surface area contributed by atoms with Crippen LogP contribution in [0.1, 0.15) is 16.2 Å². The quantitative estimate of drug-likeness (QED) is 0.884. The molecule has 2 aromatic rings. The fraction of sp³-hybridized carbons (Fsp3) is 0. The molecule has 1 aromatic carbocycles. The van der Waals surface area contributed by atoms with E-state index >= 15 is 0 Å². The van der Waals surface area contributed by atoms with Crippen molar-refractivity contribution < 1.29 is 4.79 Å². The van der Waals surface area contributed by atoms with Gasteiger partial charge in [0.1, 0.15) is 11.9 Å². The molecule has 0 saturated heterocycles. The Morgan fingerprint density at radius 2 is 2.11 bits per heavy atom. The van der Waals surface area contributed by atoms with Gasteiger partial charge in [0.05, 0.1) is 10.0 Å². The molecule has 1 aromatic heterocycles. The van der Waals surface area contributed by atoms with Crippen LogP contribution in [0.3, 0.4) is 0 Å². The van der Waals surface area contributed by atoms with E-state index < -0.39 is 5.91 Å². The molecule has 0 unspecified atom stereocenters. The molecule has 0 aliphatic carbocycles. The number of nitrogens with zero attached hydrogens (tertiary/aromatic N) is 2. The van der Waals surface area contributed by atoms with Crippen molar-refractivity contribution in [2.24, 2.45) is 5.73 Å². The molecule has 0 spiro atoms. The zero-order valence-electron chi connectivity index (χ0n) is 8.87. The molecule has 0 bridgehead atoms. The zero-order valence-corrected chi connectivity index (χ0v) is 10.4. The van der Waals surface area contributed by atoms with Crippen molar-refractivity contribution in [3.8, 4) is 17.5 Å². The van der Waals surface area contributed by atoms with Crippen molar-refractivity contribution in [2.75, 3.05) is 0 Å². The van der Waals surface area contributed by atoms with E-state index in [2.05, 4.69) is 9.97 Å². The number of rotatable bonds is 2. The Hall–Kier alpha value is -2.03. The van der Waals surface area contributed by atoms with E-state index in [0.29, 0.717) is 21.4 Å². The van der Waals surface area contributed by atoms with Gasteiger partial charge in [-0.15, -0.1) is 0 Å². The number of nitriles is 1. The number of nitrogens with two attached hydrogens (primary N) is 1. The van der Waals surface area contributed by atoms with Crippen LogP contribution < -0.4 is 5.73 Å². The molecule has 0 aliphatic rings. The van der Waals surface area contributed by atoms with E-state index in [1.165, 1.54) is 0 Å². The number of amides is 1. The average molecular weight is 281 g/mol. The molecule has 1 amide bonds. The first-order chi connectivity index (χ1) is 8.52. The van der Waals surface area contributed by atoms with Crippen LogP contribution in [0.25, 0.3) is 11.4 Å². The molecule has 90 valence electrons. The summed E-state index contributed by atoms with van der Waals surface area (Å²) in [6, 6.07) is 6.65. The molecule has 0 atom stereocenters. The van der Waals surface area contributed by atoms with Crippen molar-refractivity contribution >= 4 is 29.1 Å². The summed E-state index contributed by atoms with van der Waals surface area (Å²) >= 11 is 11.7. The number of primary amides is 1. The summed E-state index contributed by atoms with van der Waals surface area (Å²) in [4.78, 5) is 17.8. The van der Waals surface area contributed by atoms with Crippen molar-refractivity contribution in [1.29, 1.82) is 5.26 Å². The Bertz CT molecular complexity index is 672. The number of imidazole rings is 1. The summed E-state index contributed by atoms with van der Waals surface area (Å²) < 4.78 is 0. The summed E-state index contributed by atoms with van der Waals surface area (Å²) in [5.41, 5.74) is 5.64. The second-order valence-corrected chi connectivity index (χ2v) is 4.23. The molecule has 0 fully saturated rings. The number of carbonyl (C=O) groups excluding carboxylic acids is 1. The topological polar surface area (TPSA) is 95.6 Å². The highest BCUT2D eigenvalue weighted by molar-refractivity contribution is 6.42. The van der Waals surface area contributed by atoms with Gasteiger partial charge in [0.2, 0.25) is 0 Å². The molecule has 1 heterocycles. The van der Waals surface area contributed by atoms with E-state index in [9.17, 15) is 4.79 Å². The van der Waals surface area contributed by atoms with E-state index in [0.717, 1.165) is 0 Å². The van der Waals surface area contributed by atoms with Crippen LogP contribution in [0.2, 0.25) is 10.0 Å². The van der Waals surface area contributed by atoms with Gasteiger partial charge in [-0.05, 0) is 18.2 Å². The number of benzene rings is 1. The lowest BCUT2D eigenvalue weighted by Gasteiger charge is -1.99. The van der Waals surface area contributed by atoms with Gasteiger partial charge < -0.3 is 10.7 Å². The minimum absolute atomic E-state index is 0.0172. The van der Waals surface area contributed by atoms with Gasteiger partial charge in [0, 0.05) is 5.56 Å². The summed E-state index contributed by atoms with van der Waals surface area (Å²) in [7, 11) is 0. The first-order valence-electron chi connectivity index (χ1n) is 4.78. The normalized spacial score (nSPS) is 10.1. The van der Waals surface area contributed by atoms with Gasteiger partial charge in [-0.25, -0.2) is 4.98 Å². The van der Waals surface area contributed by atoms with E-state index in [4.69, 9.17) is 34.2 Å². The lowest BCUT2D eigenvalue weighted by Crippen LogP contribution is -2.13. The van der Waals surface area contributed by atoms with Crippen LogP contribution in [-0.4, -0.2) is 15.9 Å². The van der Waals surface area contributed by atoms with Gasteiger partial charge >= 0.3 is 0 Å². The monoisotopic (exact) mass is 280 g/mol. The number of carbonyl (C=O) groups is 1. The summed E-state index contributed by atoms with van der Waals surface area (Å²) in [6.07, 6.45) is 0. The molecule has 5 nitrogen and oxygen atoms in total. The van der Waals surface area contributed by atoms with Gasteiger partial charge in [-0.3, -0.25) is 4.79 Å². The Morgan fingerprint density at radius 3 is 2.61 bits per heavy atom. The maximum absolute atomic E-state index is 11.1. The second kappa shape index (κ2) is 4.69. The fourth-order valence-corrected chi connectivity index (χ4v) is 1.71. The molecule has 3 N–H and O–H groups in total. The van der Waals surface area contributed by atoms with Crippen molar-refractivity contribution in [3.05, 3.63) is 39.6 Å². The van der Waals surface area contributed by atoms with E-state index in [1.807, 2.05) is 6.07 Å². The third-order valence-electron chi connectivity index (χ3n) is 2.24. The molecular weight excluding hydrogens is 275 g/mol. The van der Waals surface area contributed by atoms with Crippen LogP contribution >= 0.6 is 23.2 Å². The van der Waals surface area contributed by atoms with E-state index in [-0.39, 0.29) is 11.4 Å². The summed E-state index contributed by atoms with van der Waals surface area (Å²) in [5, 5.41) is 9.61. The largest absolute Gasteiger partial charge is 0.364 e. The highest BCUT2D eigenvalue weighted by Gasteiger charge is 2.16. The number of halogens is 2. The highest BCUT2D eigenvalue weighted by atomic mass is 35.5. The molecule has 0 aliphatic heterocycles. The minimum Gasteiger partial charge on any atom is -0.364 e. The van der Waals surface area contributed by atoms with Gasteiger partial charge in [-0.2, -0.15) is 5.26 Å². The van der Waals surface area contributed by atoms with Crippen molar-refractivity contribution in [3.63, 3.8) is 0 Å². The van der Waals surface area contributed by atoms with Crippen molar-refractivity contribution in [2.45, 2.75) is 0 Å². The Kier molecular flexibility index (Phi) is 3.24. The molecule has 0 radical (unpaired) electrons. The van der Waals surface area contributed by atoms with Gasteiger partial charge in [-0.1, -0.05) is 23.2 Å². The van der Waals surface area contributed by atoms with Crippen LogP contribution in [0.5, 0.6) is 0 Å². The van der Waals surface area contributed by atoms with Gasteiger partial charge in [0.25, 0.3) is 5.91 Å². The zero-order chi connectivity index (χ0) is 13.3. The SMILES string of the molecule is N#Cc1[nH]c(-c2ccc(Cl)c(Cl)c2)nc1C(N)=O. The number of aromatic amines is 1. The number of aromatic nitrogens is 2. The molecule has 18 heavy (non-hydrogen) atoms. The average Bonchev–Trinajstić information content (AvgIpc) is 2.77. The van der Waals surface area contributed by atoms with Crippen LogP contribution in [-0.2, 0) is 0 Å². The van der Waals surface area contributed by atoms with Crippen LogP contribution in [0.4, 0.5) is 0 Å². The standard InChI is InChI=1S/C11H6Cl2N4O/c12-6-2-1-5(3-7(6)13)11-16-8(4-14)9(17-11)10(15)18/h1-3H,(H2,15,18)(H,16,17). The maximum atomic E-state index is 11.1. The Morgan fingerprint density at radius 1 is 1.39 bits per heavy atom. The molecular formula is C11H6Cl2N4O. The third-order valence-corrected chi connectivity index (χ3v) is 2.98. The van der Waals surface area contributed by atoms with Crippen molar-refractivity contribution in [1.82, 2.24) is 9.97 Å². The smallest absolute Gasteiger partial charge is 0.270 e. The maximum Gasteiger partial charge on any atom is 0.270 e. The predicted molar refractivity (Wildman–Crippen MR) is 67.3 cm³/mol.